The zero-order valence-electron chi connectivity index (χ0n) is 11.2. The highest BCUT2D eigenvalue weighted by molar-refractivity contribution is 5.16. The van der Waals surface area contributed by atoms with Gasteiger partial charge < -0.3 is 5.32 Å². The summed E-state index contributed by atoms with van der Waals surface area (Å²) in [5, 5.41) is 3.62. The van der Waals surface area contributed by atoms with Gasteiger partial charge in [0.15, 0.2) is 0 Å². The lowest BCUT2D eigenvalue weighted by molar-refractivity contribution is 0.00373. The molecular formula is C15H22N4. The molecule has 0 aliphatic carbocycles. The fourth-order valence-electron chi connectivity index (χ4n) is 4.05. The average molecular weight is 258 g/mol. The Morgan fingerprint density at radius 3 is 2.89 bits per heavy atom. The van der Waals surface area contributed by atoms with E-state index < -0.39 is 0 Å². The van der Waals surface area contributed by atoms with E-state index in [1.807, 2.05) is 0 Å². The number of piperazine rings is 1. The van der Waals surface area contributed by atoms with Crippen molar-refractivity contribution in [2.24, 2.45) is 5.92 Å². The summed E-state index contributed by atoms with van der Waals surface area (Å²) in [5.41, 5.74) is 8.27. The Balaban J connectivity index is 1.57. The molecule has 3 fully saturated rings. The Morgan fingerprint density at radius 2 is 2.00 bits per heavy atom. The first-order valence-electron chi connectivity index (χ1n) is 7.40. The molecule has 4 rings (SSSR count). The summed E-state index contributed by atoms with van der Waals surface area (Å²) in [7, 11) is 0. The Morgan fingerprint density at radius 1 is 1.11 bits per heavy atom. The number of nitrogens with zero attached hydrogens (tertiary/aromatic N) is 1. The van der Waals surface area contributed by atoms with E-state index in [-0.39, 0.29) is 0 Å². The molecule has 0 saturated carbocycles. The van der Waals surface area contributed by atoms with Crippen molar-refractivity contribution in [2.75, 3.05) is 19.6 Å². The third-order valence-electron chi connectivity index (χ3n) is 5.00. The van der Waals surface area contributed by atoms with Gasteiger partial charge >= 0.3 is 0 Å². The summed E-state index contributed by atoms with van der Waals surface area (Å²) in [6, 6.07) is 12.9. The third-order valence-corrected chi connectivity index (χ3v) is 5.00. The van der Waals surface area contributed by atoms with Crippen LogP contribution in [0.15, 0.2) is 30.3 Å². The maximum absolute atomic E-state index is 3.62. The highest BCUT2D eigenvalue weighted by Crippen LogP contribution is 2.33. The first-order valence-corrected chi connectivity index (χ1v) is 7.40. The van der Waals surface area contributed by atoms with Crippen molar-refractivity contribution in [3.05, 3.63) is 35.9 Å². The number of hydrogen-bond donors (Lipinski definition) is 3. The number of benzene rings is 1. The fourth-order valence-corrected chi connectivity index (χ4v) is 4.05. The second-order valence-corrected chi connectivity index (χ2v) is 6.07. The first kappa shape index (κ1) is 11.9. The van der Waals surface area contributed by atoms with Gasteiger partial charge in [0.25, 0.3) is 0 Å². The number of nitrogens with one attached hydrogen (secondary N) is 3. The molecule has 3 heterocycles. The molecular weight excluding hydrogens is 236 g/mol. The van der Waals surface area contributed by atoms with E-state index >= 15 is 0 Å². The van der Waals surface area contributed by atoms with Crippen LogP contribution in [0.3, 0.4) is 0 Å². The van der Waals surface area contributed by atoms with Crippen molar-refractivity contribution < 1.29 is 0 Å². The minimum atomic E-state index is 0.667. The van der Waals surface area contributed by atoms with E-state index in [2.05, 4.69) is 51.4 Å². The number of hydrazine groups is 1. The van der Waals surface area contributed by atoms with Crippen molar-refractivity contribution in [3.8, 4) is 0 Å². The standard InChI is InChI=1S/C15H22N4/c1-2-4-11(5-3-1)10-19-12-6-14-13(8-17-18-14)15(19)9-16-7-12/h1-5,12-18H,6-10H2. The van der Waals surface area contributed by atoms with Gasteiger partial charge in [0.2, 0.25) is 0 Å². The Labute approximate surface area is 114 Å². The molecule has 0 radical (unpaired) electrons. The normalized spacial score (nSPS) is 38.1. The quantitative estimate of drug-likeness (QED) is 0.715. The van der Waals surface area contributed by atoms with Crippen LogP contribution in [0.2, 0.25) is 0 Å². The van der Waals surface area contributed by atoms with E-state index in [4.69, 9.17) is 0 Å². The largest absolute Gasteiger partial charge is 0.314 e. The maximum Gasteiger partial charge on any atom is 0.0284 e. The van der Waals surface area contributed by atoms with Gasteiger partial charge in [-0.25, -0.2) is 0 Å². The minimum absolute atomic E-state index is 0.667. The first-order chi connectivity index (χ1) is 9.42. The molecule has 102 valence electrons. The van der Waals surface area contributed by atoms with Crippen LogP contribution in [0, 0.1) is 5.92 Å². The van der Waals surface area contributed by atoms with Gasteiger partial charge in [-0.2, -0.15) is 0 Å². The van der Waals surface area contributed by atoms with Crippen LogP contribution >= 0.6 is 0 Å². The fraction of sp³-hybridized carbons (Fsp3) is 0.600. The van der Waals surface area contributed by atoms with E-state index in [1.165, 1.54) is 12.0 Å². The second-order valence-electron chi connectivity index (χ2n) is 6.07. The zero-order valence-corrected chi connectivity index (χ0v) is 11.2. The monoisotopic (exact) mass is 258 g/mol. The molecule has 4 nitrogen and oxygen atoms in total. The molecule has 4 heteroatoms. The maximum atomic E-state index is 3.62. The van der Waals surface area contributed by atoms with Crippen LogP contribution < -0.4 is 16.2 Å². The van der Waals surface area contributed by atoms with Crippen LogP contribution in [0.5, 0.6) is 0 Å². The summed E-state index contributed by atoms with van der Waals surface area (Å²) in [6.45, 7) is 4.47. The topological polar surface area (TPSA) is 39.3 Å². The van der Waals surface area contributed by atoms with E-state index in [0.717, 1.165) is 32.1 Å². The van der Waals surface area contributed by atoms with Gasteiger partial charge in [0.1, 0.15) is 0 Å². The summed E-state index contributed by atoms with van der Waals surface area (Å²) in [5.74, 6) is 0.743. The molecule has 0 spiro atoms. The number of piperidine rings is 1. The van der Waals surface area contributed by atoms with Crippen molar-refractivity contribution in [1.29, 1.82) is 0 Å². The Hall–Kier alpha value is -0.940. The molecule has 3 N–H and O–H groups in total. The molecule has 1 aromatic carbocycles. The highest BCUT2D eigenvalue weighted by Gasteiger charge is 2.46. The molecule has 19 heavy (non-hydrogen) atoms. The smallest absolute Gasteiger partial charge is 0.0284 e. The van der Waals surface area contributed by atoms with Crippen LogP contribution in [-0.2, 0) is 6.54 Å². The molecule has 4 atom stereocenters. The summed E-state index contributed by atoms with van der Waals surface area (Å²) < 4.78 is 0. The SMILES string of the molecule is c1ccc(CN2C3CNCC2C2CNNC2C3)cc1. The summed E-state index contributed by atoms with van der Waals surface area (Å²) in [6.07, 6.45) is 1.26. The molecule has 0 aromatic heterocycles. The Kier molecular flexibility index (Phi) is 3.04. The predicted molar refractivity (Wildman–Crippen MR) is 75.5 cm³/mol. The lowest BCUT2D eigenvalue weighted by Crippen LogP contribution is -2.66. The molecule has 3 aliphatic heterocycles. The molecule has 3 aliphatic rings. The van der Waals surface area contributed by atoms with Gasteiger partial charge in [-0.15, -0.1) is 0 Å². The van der Waals surface area contributed by atoms with Crippen LogP contribution in [0.4, 0.5) is 0 Å². The second kappa shape index (κ2) is 4.87. The van der Waals surface area contributed by atoms with Crippen LogP contribution in [0.1, 0.15) is 12.0 Å². The van der Waals surface area contributed by atoms with E-state index in [9.17, 15) is 0 Å². The zero-order chi connectivity index (χ0) is 12.7. The van der Waals surface area contributed by atoms with Crippen molar-refractivity contribution in [2.45, 2.75) is 31.1 Å². The van der Waals surface area contributed by atoms with Gasteiger partial charge in [0.05, 0.1) is 0 Å². The highest BCUT2D eigenvalue weighted by atomic mass is 15.4. The van der Waals surface area contributed by atoms with Crippen LogP contribution in [-0.4, -0.2) is 42.7 Å². The molecule has 3 saturated heterocycles. The lowest BCUT2D eigenvalue weighted by Gasteiger charge is -2.51. The van der Waals surface area contributed by atoms with Crippen molar-refractivity contribution in [3.63, 3.8) is 0 Å². The molecule has 0 amide bonds. The van der Waals surface area contributed by atoms with Gasteiger partial charge in [-0.1, -0.05) is 30.3 Å². The number of rotatable bonds is 2. The van der Waals surface area contributed by atoms with Crippen molar-refractivity contribution >= 4 is 0 Å². The minimum Gasteiger partial charge on any atom is -0.314 e. The van der Waals surface area contributed by atoms with Gasteiger partial charge in [0, 0.05) is 50.2 Å². The van der Waals surface area contributed by atoms with Gasteiger partial charge in [-0.3, -0.25) is 15.8 Å². The van der Waals surface area contributed by atoms with E-state index in [1.54, 1.807) is 0 Å². The van der Waals surface area contributed by atoms with E-state index in [0.29, 0.717) is 18.1 Å². The van der Waals surface area contributed by atoms with Gasteiger partial charge in [-0.05, 0) is 12.0 Å². The summed E-state index contributed by atoms with van der Waals surface area (Å²) >= 11 is 0. The number of hydrogen-bond acceptors (Lipinski definition) is 4. The predicted octanol–water partition coefficient (Wildman–Crippen LogP) is 0.325. The lowest BCUT2D eigenvalue weighted by atomic mass is 9.80. The van der Waals surface area contributed by atoms with Crippen molar-refractivity contribution in [1.82, 2.24) is 21.1 Å². The van der Waals surface area contributed by atoms with Crippen LogP contribution in [0.25, 0.3) is 0 Å². The third kappa shape index (κ3) is 2.09. The molecule has 4 unspecified atom stereocenters. The molecule has 1 aromatic rings. The summed E-state index contributed by atoms with van der Waals surface area (Å²) in [4.78, 5) is 2.74. The Bertz CT molecular complexity index is 435. The molecule has 2 bridgehead atoms. The number of fused-ring (bicyclic) bond motifs is 4. The average Bonchev–Trinajstić information content (AvgIpc) is 2.88.